The molecule has 1 aromatic carbocycles. The van der Waals surface area contributed by atoms with Crippen molar-refractivity contribution in [1.82, 2.24) is 9.97 Å². The van der Waals surface area contributed by atoms with Crippen molar-refractivity contribution in [3.8, 4) is 22.9 Å². The number of rotatable bonds is 3. The first-order valence-electron chi connectivity index (χ1n) is 5.66. The van der Waals surface area contributed by atoms with Gasteiger partial charge in [-0.3, -0.25) is 4.79 Å². The van der Waals surface area contributed by atoms with Gasteiger partial charge in [0.05, 0.1) is 28.5 Å². The van der Waals surface area contributed by atoms with Crippen molar-refractivity contribution in [2.45, 2.75) is 6.92 Å². The van der Waals surface area contributed by atoms with Crippen molar-refractivity contribution in [3.05, 3.63) is 36.8 Å². The van der Waals surface area contributed by atoms with Gasteiger partial charge < -0.3 is 14.5 Å². The van der Waals surface area contributed by atoms with Crippen LogP contribution in [0, 0.1) is 10.5 Å². The minimum Gasteiger partial charge on any atom is -0.493 e. The maximum Gasteiger partial charge on any atom is 0.264 e. The molecule has 0 unspecified atom stereocenters. The lowest BCUT2D eigenvalue weighted by Gasteiger charge is -2.12. The predicted molar refractivity (Wildman–Crippen MR) is 85.9 cm³/mol. The molecule has 0 atom stereocenters. The Morgan fingerprint density at radius 1 is 1.30 bits per heavy atom. The highest BCUT2D eigenvalue weighted by Crippen LogP contribution is 2.40. The highest BCUT2D eigenvalue weighted by molar-refractivity contribution is 14.1. The van der Waals surface area contributed by atoms with E-state index in [0.29, 0.717) is 37.2 Å². The number of aromatic amines is 1. The topological polar surface area (TPSA) is 64.2 Å². The van der Waals surface area contributed by atoms with Gasteiger partial charge in [0.1, 0.15) is 5.82 Å². The molecule has 2 aromatic rings. The van der Waals surface area contributed by atoms with Crippen LogP contribution < -0.4 is 15.0 Å². The van der Waals surface area contributed by atoms with Gasteiger partial charge in [-0.2, -0.15) is 0 Å². The van der Waals surface area contributed by atoms with E-state index in [4.69, 9.17) is 21.1 Å². The number of halogens is 2. The molecule has 0 saturated heterocycles. The summed E-state index contributed by atoms with van der Waals surface area (Å²) in [7, 11) is 3.03. The number of H-pyrrole nitrogens is 1. The van der Waals surface area contributed by atoms with Gasteiger partial charge in [-0.05, 0) is 41.6 Å². The number of aryl methyl sites for hydroxylation is 1. The smallest absolute Gasteiger partial charge is 0.264 e. The van der Waals surface area contributed by atoms with E-state index in [0.717, 1.165) is 0 Å². The summed E-state index contributed by atoms with van der Waals surface area (Å²) in [5.74, 6) is 1.33. The quantitative estimate of drug-likeness (QED) is 0.796. The second-order valence-electron chi connectivity index (χ2n) is 3.98. The Bertz CT molecular complexity index is 715. The van der Waals surface area contributed by atoms with Crippen LogP contribution in [0.15, 0.2) is 16.9 Å². The molecule has 0 fully saturated rings. The number of nitrogens with zero attached hydrogens (tertiary/aromatic N) is 1. The Morgan fingerprint density at radius 2 is 2.00 bits per heavy atom. The van der Waals surface area contributed by atoms with Gasteiger partial charge in [0.15, 0.2) is 11.5 Å². The average molecular weight is 407 g/mol. The lowest BCUT2D eigenvalue weighted by molar-refractivity contribution is 0.355. The van der Waals surface area contributed by atoms with E-state index in [1.165, 1.54) is 14.2 Å². The molecular formula is C13H12ClIN2O3. The van der Waals surface area contributed by atoms with Gasteiger partial charge in [-0.15, -0.1) is 0 Å². The van der Waals surface area contributed by atoms with Crippen LogP contribution in [-0.2, 0) is 0 Å². The molecule has 0 aliphatic rings. The van der Waals surface area contributed by atoms with Gasteiger partial charge in [0.25, 0.3) is 5.56 Å². The highest BCUT2D eigenvalue weighted by atomic mass is 127. The third kappa shape index (κ3) is 2.62. The molecule has 2 rings (SSSR count). The number of ether oxygens (including phenoxy) is 2. The zero-order chi connectivity index (χ0) is 14.9. The monoisotopic (exact) mass is 406 g/mol. The first-order chi connectivity index (χ1) is 9.49. The van der Waals surface area contributed by atoms with E-state index < -0.39 is 0 Å². The first-order valence-corrected chi connectivity index (χ1v) is 7.12. The molecule has 7 heteroatoms. The van der Waals surface area contributed by atoms with E-state index >= 15 is 0 Å². The van der Waals surface area contributed by atoms with E-state index in [2.05, 4.69) is 9.97 Å². The summed E-state index contributed by atoms with van der Waals surface area (Å²) in [5.41, 5.74) is 1.04. The van der Waals surface area contributed by atoms with Gasteiger partial charge in [-0.25, -0.2) is 4.98 Å². The van der Waals surface area contributed by atoms with E-state index in [9.17, 15) is 4.79 Å². The zero-order valence-electron chi connectivity index (χ0n) is 11.1. The third-order valence-corrected chi connectivity index (χ3v) is 4.41. The SMILES string of the molecule is COc1ccc(-c2nc(C)c(I)c(=O)[nH]2)c(Cl)c1OC. The fourth-order valence-electron chi connectivity index (χ4n) is 1.77. The molecule has 20 heavy (non-hydrogen) atoms. The van der Waals surface area contributed by atoms with Crippen LogP contribution in [0.25, 0.3) is 11.4 Å². The molecule has 0 aliphatic heterocycles. The maximum atomic E-state index is 11.8. The summed E-state index contributed by atoms with van der Waals surface area (Å²) in [6, 6.07) is 3.45. The average Bonchev–Trinajstić information content (AvgIpc) is 2.43. The van der Waals surface area contributed by atoms with Gasteiger partial charge >= 0.3 is 0 Å². The van der Waals surface area contributed by atoms with Crippen molar-refractivity contribution in [1.29, 1.82) is 0 Å². The number of benzene rings is 1. The maximum absolute atomic E-state index is 11.8. The standard InChI is InChI=1S/C13H12ClIN2O3/c1-6-10(15)13(18)17-12(16-6)7-4-5-8(19-2)11(20-3)9(7)14/h4-5H,1-3H3,(H,16,17,18). The summed E-state index contributed by atoms with van der Waals surface area (Å²) in [6.45, 7) is 1.77. The molecule has 1 N–H and O–H groups in total. The molecule has 106 valence electrons. The van der Waals surface area contributed by atoms with Crippen LogP contribution in [0.5, 0.6) is 11.5 Å². The summed E-state index contributed by atoms with van der Waals surface area (Å²) in [5, 5.41) is 0.343. The Kier molecular flexibility index (Phi) is 4.54. The van der Waals surface area contributed by atoms with Crippen LogP contribution in [-0.4, -0.2) is 24.2 Å². The van der Waals surface area contributed by atoms with Crippen LogP contribution >= 0.6 is 34.2 Å². The Balaban J connectivity index is 2.68. The number of nitrogens with one attached hydrogen (secondary N) is 1. The molecule has 1 aromatic heterocycles. The Hall–Kier alpha value is -1.28. The molecule has 0 bridgehead atoms. The van der Waals surface area contributed by atoms with Gasteiger partial charge in [0, 0.05) is 5.56 Å². The fourth-order valence-corrected chi connectivity index (χ4v) is 2.35. The van der Waals surface area contributed by atoms with Gasteiger partial charge in [0.2, 0.25) is 0 Å². The van der Waals surface area contributed by atoms with Crippen molar-refractivity contribution >= 4 is 34.2 Å². The van der Waals surface area contributed by atoms with Crippen LogP contribution in [0.3, 0.4) is 0 Å². The molecule has 0 aliphatic carbocycles. The minimum absolute atomic E-state index is 0.195. The van der Waals surface area contributed by atoms with E-state index in [1.54, 1.807) is 19.1 Å². The number of methoxy groups -OCH3 is 2. The molecule has 1 heterocycles. The van der Waals surface area contributed by atoms with Crippen LogP contribution in [0.2, 0.25) is 5.02 Å². The number of hydrogen-bond donors (Lipinski definition) is 1. The lowest BCUT2D eigenvalue weighted by Crippen LogP contribution is -2.14. The van der Waals surface area contributed by atoms with Crippen molar-refractivity contribution in [2.24, 2.45) is 0 Å². The predicted octanol–water partition coefficient (Wildman–Crippen LogP) is 3.02. The Labute approximate surface area is 134 Å². The zero-order valence-corrected chi connectivity index (χ0v) is 14.0. The molecule has 0 spiro atoms. The minimum atomic E-state index is -0.195. The molecule has 0 saturated carbocycles. The van der Waals surface area contributed by atoms with Crippen molar-refractivity contribution < 1.29 is 9.47 Å². The summed E-state index contributed by atoms with van der Waals surface area (Å²) in [6.07, 6.45) is 0. The normalized spacial score (nSPS) is 10.4. The Morgan fingerprint density at radius 3 is 2.55 bits per heavy atom. The van der Waals surface area contributed by atoms with Crippen LogP contribution in [0.4, 0.5) is 0 Å². The van der Waals surface area contributed by atoms with E-state index in [-0.39, 0.29) is 5.56 Å². The molecule has 0 amide bonds. The molecular weight excluding hydrogens is 395 g/mol. The lowest BCUT2D eigenvalue weighted by atomic mass is 10.1. The second-order valence-corrected chi connectivity index (χ2v) is 5.43. The summed E-state index contributed by atoms with van der Waals surface area (Å²) >= 11 is 8.26. The largest absolute Gasteiger partial charge is 0.493 e. The summed E-state index contributed by atoms with van der Waals surface area (Å²) in [4.78, 5) is 18.9. The highest BCUT2D eigenvalue weighted by Gasteiger charge is 2.17. The van der Waals surface area contributed by atoms with E-state index in [1.807, 2.05) is 22.6 Å². The molecule has 0 radical (unpaired) electrons. The summed E-state index contributed by atoms with van der Waals surface area (Å²) < 4.78 is 11.0. The number of aromatic nitrogens is 2. The third-order valence-electron chi connectivity index (χ3n) is 2.77. The second kappa shape index (κ2) is 6.01. The fraction of sp³-hybridized carbons (Fsp3) is 0.231. The number of hydrogen-bond acceptors (Lipinski definition) is 4. The van der Waals surface area contributed by atoms with Crippen molar-refractivity contribution in [3.63, 3.8) is 0 Å². The first kappa shape index (κ1) is 15.1. The molecule has 5 nitrogen and oxygen atoms in total. The van der Waals surface area contributed by atoms with Gasteiger partial charge in [-0.1, -0.05) is 11.6 Å². The van der Waals surface area contributed by atoms with Crippen molar-refractivity contribution in [2.75, 3.05) is 14.2 Å². The van der Waals surface area contributed by atoms with Crippen LogP contribution in [0.1, 0.15) is 5.69 Å².